The lowest BCUT2D eigenvalue weighted by molar-refractivity contribution is 0.0830. The molecule has 2 N–H and O–H groups in total. The summed E-state index contributed by atoms with van der Waals surface area (Å²) in [6.45, 7) is 1.66. The van der Waals surface area contributed by atoms with E-state index in [0.717, 1.165) is 0 Å². The van der Waals surface area contributed by atoms with Gasteiger partial charge in [0.2, 0.25) is 0 Å². The summed E-state index contributed by atoms with van der Waals surface area (Å²) in [6.07, 6.45) is 2.77. The van der Waals surface area contributed by atoms with Crippen LogP contribution in [0.25, 0.3) is 0 Å². The topological polar surface area (TPSA) is 84.5 Å². The Bertz CT molecular complexity index is 527. The van der Waals surface area contributed by atoms with Crippen molar-refractivity contribution >= 4 is 11.8 Å². The van der Waals surface area contributed by atoms with Crippen LogP contribution in [0.5, 0.6) is 0 Å². The molecule has 6 heteroatoms. The van der Waals surface area contributed by atoms with Gasteiger partial charge in [0.25, 0.3) is 5.91 Å². The highest BCUT2D eigenvalue weighted by atomic mass is 16.3. The molecule has 0 fully saturated rings. The zero-order valence-corrected chi connectivity index (χ0v) is 9.02. The van der Waals surface area contributed by atoms with Gasteiger partial charge in [-0.25, -0.2) is 0 Å². The van der Waals surface area contributed by atoms with Gasteiger partial charge in [-0.2, -0.15) is 0 Å². The van der Waals surface area contributed by atoms with Gasteiger partial charge in [0.15, 0.2) is 5.76 Å². The molecular formula is C11H10N2O4. The zero-order chi connectivity index (χ0) is 12.3. The fraction of sp³-hybridized carbons (Fsp3) is 0.0909. The molecule has 0 unspecified atom stereocenters. The van der Waals surface area contributed by atoms with Crippen LogP contribution < -0.4 is 10.9 Å². The van der Waals surface area contributed by atoms with Gasteiger partial charge in [-0.15, -0.1) is 0 Å². The second-order valence-electron chi connectivity index (χ2n) is 3.28. The van der Waals surface area contributed by atoms with Crippen LogP contribution in [0.2, 0.25) is 0 Å². The van der Waals surface area contributed by atoms with Crippen molar-refractivity contribution in [1.82, 2.24) is 10.9 Å². The molecule has 0 aliphatic carbocycles. The van der Waals surface area contributed by atoms with E-state index >= 15 is 0 Å². The number of hydrogen-bond donors (Lipinski definition) is 2. The normalized spacial score (nSPS) is 9.94. The average molecular weight is 234 g/mol. The fourth-order valence-corrected chi connectivity index (χ4v) is 1.27. The lowest BCUT2D eigenvalue weighted by Crippen LogP contribution is -2.41. The summed E-state index contributed by atoms with van der Waals surface area (Å²) in [5, 5.41) is 0. The smallest absolute Gasteiger partial charge is 0.305 e. The summed E-state index contributed by atoms with van der Waals surface area (Å²) in [6, 6.07) is 4.59. The standard InChI is InChI=1S/C11H10N2O4/c1-7-8(4-6-16-7)10(14)12-13-11(15)9-3-2-5-17-9/h2-6H,1H3,(H,12,14)(H,13,15). The van der Waals surface area contributed by atoms with Crippen LogP contribution >= 0.6 is 0 Å². The van der Waals surface area contributed by atoms with Gasteiger partial charge >= 0.3 is 5.91 Å². The van der Waals surface area contributed by atoms with Crippen molar-refractivity contribution in [2.45, 2.75) is 6.92 Å². The Morgan fingerprint density at radius 3 is 2.41 bits per heavy atom. The number of furan rings is 2. The van der Waals surface area contributed by atoms with Gasteiger partial charge in [-0.3, -0.25) is 20.4 Å². The first-order valence-corrected chi connectivity index (χ1v) is 4.87. The maximum absolute atomic E-state index is 11.6. The Morgan fingerprint density at radius 1 is 1.06 bits per heavy atom. The highest BCUT2D eigenvalue weighted by molar-refractivity contribution is 5.98. The van der Waals surface area contributed by atoms with Crippen LogP contribution in [0.4, 0.5) is 0 Å². The van der Waals surface area contributed by atoms with Gasteiger partial charge < -0.3 is 8.83 Å². The number of carbonyl (C=O) groups is 2. The van der Waals surface area contributed by atoms with Crippen molar-refractivity contribution in [3.8, 4) is 0 Å². The molecule has 0 aromatic carbocycles. The van der Waals surface area contributed by atoms with Crippen LogP contribution in [0, 0.1) is 6.92 Å². The highest BCUT2D eigenvalue weighted by Crippen LogP contribution is 2.07. The molecule has 2 aromatic heterocycles. The Kier molecular flexibility index (Phi) is 2.95. The average Bonchev–Trinajstić information content (AvgIpc) is 2.95. The molecule has 0 radical (unpaired) electrons. The number of rotatable bonds is 2. The van der Waals surface area contributed by atoms with Gasteiger partial charge in [-0.1, -0.05) is 0 Å². The Labute approximate surface area is 96.6 Å². The predicted octanol–water partition coefficient (Wildman–Crippen LogP) is 1.26. The number of amides is 2. The lowest BCUT2D eigenvalue weighted by Gasteiger charge is -2.04. The molecule has 6 nitrogen and oxygen atoms in total. The Morgan fingerprint density at radius 2 is 1.82 bits per heavy atom. The molecule has 0 bridgehead atoms. The molecular weight excluding hydrogens is 224 g/mol. The van der Waals surface area contributed by atoms with Crippen molar-refractivity contribution in [3.63, 3.8) is 0 Å². The number of aryl methyl sites for hydroxylation is 1. The quantitative estimate of drug-likeness (QED) is 0.766. The van der Waals surface area contributed by atoms with Crippen LogP contribution in [0.15, 0.2) is 39.6 Å². The van der Waals surface area contributed by atoms with Crippen molar-refractivity contribution in [1.29, 1.82) is 0 Å². The van der Waals surface area contributed by atoms with E-state index in [-0.39, 0.29) is 5.76 Å². The van der Waals surface area contributed by atoms with Gasteiger partial charge in [-0.05, 0) is 25.1 Å². The molecule has 17 heavy (non-hydrogen) atoms. The lowest BCUT2D eigenvalue weighted by atomic mass is 10.2. The van der Waals surface area contributed by atoms with Crippen LogP contribution in [0.1, 0.15) is 26.7 Å². The first-order valence-electron chi connectivity index (χ1n) is 4.87. The van der Waals surface area contributed by atoms with Gasteiger partial charge in [0.1, 0.15) is 5.76 Å². The summed E-state index contributed by atoms with van der Waals surface area (Å²) >= 11 is 0. The Balaban J connectivity index is 1.93. The maximum atomic E-state index is 11.6. The summed E-state index contributed by atoms with van der Waals surface area (Å²) in [5.41, 5.74) is 4.85. The highest BCUT2D eigenvalue weighted by Gasteiger charge is 2.13. The molecule has 2 amide bonds. The molecule has 2 heterocycles. The Hall–Kier alpha value is -2.50. The number of hydrogen-bond acceptors (Lipinski definition) is 4. The first-order chi connectivity index (χ1) is 8.18. The minimum absolute atomic E-state index is 0.120. The van der Waals surface area contributed by atoms with E-state index in [4.69, 9.17) is 8.83 Å². The third kappa shape index (κ3) is 2.36. The van der Waals surface area contributed by atoms with Crippen molar-refractivity contribution in [2.75, 3.05) is 0 Å². The van der Waals surface area contributed by atoms with E-state index in [1.807, 2.05) is 0 Å². The van der Waals surface area contributed by atoms with Crippen LogP contribution in [0.3, 0.4) is 0 Å². The van der Waals surface area contributed by atoms with Crippen molar-refractivity contribution < 1.29 is 18.4 Å². The minimum atomic E-state index is -0.524. The fourth-order valence-electron chi connectivity index (χ4n) is 1.27. The molecule has 0 atom stereocenters. The van der Waals surface area contributed by atoms with E-state index in [1.165, 1.54) is 24.7 Å². The van der Waals surface area contributed by atoms with Crippen molar-refractivity contribution in [2.24, 2.45) is 0 Å². The number of carbonyl (C=O) groups excluding carboxylic acids is 2. The zero-order valence-electron chi connectivity index (χ0n) is 9.02. The van der Waals surface area contributed by atoms with E-state index in [9.17, 15) is 9.59 Å². The summed E-state index contributed by atoms with van der Waals surface area (Å²) in [7, 11) is 0. The third-order valence-corrected chi connectivity index (χ3v) is 2.14. The summed E-state index contributed by atoms with van der Waals surface area (Å²) in [5.74, 6) is -0.371. The molecule has 2 rings (SSSR count). The van der Waals surface area contributed by atoms with E-state index in [0.29, 0.717) is 11.3 Å². The summed E-state index contributed by atoms with van der Waals surface area (Å²) in [4.78, 5) is 23.0. The minimum Gasteiger partial charge on any atom is -0.469 e. The maximum Gasteiger partial charge on any atom is 0.305 e. The second-order valence-corrected chi connectivity index (χ2v) is 3.28. The van der Waals surface area contributed by atoms with Crippen LogP contribution in [-0.4, -0.2) is 11.8 Å². The van der Waals surface area contributed by atoms with E-state index < -0.39 is 11.8 Å². The SMILES string of the molecule is Cc1occc1C(=O)NNC(=O)c1ccco1. The number of nitrogens with one attached hydrogen (secondary N) is 2. The predicted molar refractivity (Wildman–Crippen MR) is 57.1 cm³/mol. The molecule has 0 saturated heterocycles. The molecule has 0 aliphatic heterocycles. The summed E-state index contributed by atoms with van der Waals surface area (Å²) < 4.78 is 9.83. The largest absolute Gasteiger partial charge is 0.469 e. The molecule has 0 saturated carbocycles. The molecule has 0 aliphatic rings. The first kappa shape index (κ1) is 11.0. The molecule has 2 aromatic rings. The van der Waals surface area contributed by atoms with Gasteiger partial charge in [0.05, 0.1) is 18.1 Å². The monoisotopic (exact) mass is 234 g/mol. The van der Waals surface area contributed by atoms with Crippen LogP contribution in [-0.2, 0) is 0 Å². The third-order valence-electron chi connectivity index (χ3n) is 2.14. The van der Waals surface area contributed by atoms with Gasteiger partial charge in [0, 0.05) is 0 Å². The van der Waals surface area contributed by atoms with Crippen molar-refractivity contribution in [3.05, 3.63) is 47.8 Å². The van der Waals surface area contributed by atoms with E-state index in [1.54, 1.807) is 13.0 Å². The van der Waals surface area contributed by atoms with E-state index in [2.05, 4.69) is 10.9 Å². The number of hydrazine groups is 1. The second kappa shape index (κ2) is 4.56. The molecule has 88 valence electrons. The molecule has 0 spiro atoms.